The molecule has 1 aromatic rings. The van der Waals surface area contributed by atoms with Crippen LogP contribution >= 0.6 is 0 Å². The summed E-state index contributed by atoms with van der Waals surface area (Å²) in [5, 5.41) is 3.30. The third-order valence-electron chi connectivity index (χ3n) is 5.14. The molecular formula is C22H34F2N2O3. The lowest BCUT2D eigenvalue weighted by Gasteiger charge is -2.32. The molecular weight excluding hydrogens is 378 g/mol. The number of halogens is 2. The highest BCUT2D eigenvalue weighted by Gasteiger charge is 2.29. The molecule has 1 aliphatic rings. The molecule has 0 radical (unpaired) electrons. The smallest absolute Gasteiger partial charge is 0.410 e. The van der Waals surface area contributed by atoms with Crippen LogP contribution in [0.25, 0.3) is 0 Å². The first kappa shape index (κ1) is 23.4. The monoisotopic (exact) mass is 412 g/mol. The van der Waals surface area contributed by atoms with Gasteiger partial charge in [-0.1, -0.05) is 32.0 Å². The van der Waals surface area contributed by atoms with E-state index in [1.54, 1.807) is 23.1 Å². The normalized spacial score (nSPS) is 17.0. The molecule has 1 N–H and O–H groups in total. The molecule has 0 saturated carbocycles. The number of alkyl halides is 2. The van der Waals surface area contributed by atoms with Crippen molar-refractivity contribution in [2.24, 2.45) is 11.8 Å². The van der Waals surface area contributed by atoms with Crippen LogP contribution in [0.3, 0.4) is 0 Å². The Morgan fingerprint density at radius 1 is 1.31 bits per heavy atom. The molecule has 2 rings (SSSR count). The third-order valence-corrected chi connectivity index (χ3v) is 5.14. The summed E-state index contributed by atoms with van der Waals surface area (Å²) in [4.78, 5) is 14.6. The summed E-state index contributed by atoms with van der Waals surface area (Å²) in [6.07, 6.45) is 2.27. The molecule has 1 heterocycles. The van der Waals surface area contributed by atoms with Gasteiger partial charge in [0.25, 0.3) is 0 Å². The standard InChI is InChI=1S/C22H34F2N2O3/c1-16(2)9-11-22(3,4)29-21(27)26(14-17-10-12-25-13-17)15-18-7-5-6-8-19(18)28-20(23)24/h5-8,16-17,20,25H,9-15H2,1-4H3/t17-/m1/s1. The molecule has 1 saturated heterocycles. The van der Waals surface area contributed by atoms with Gasteiger partial charge in [-0.05, 0) is 64.1 Å². The second-order valence-electron chi connectivity index (χ2n) is 8.79. The maximum atomic E-state index is 13.0. The van der Waals surface area contributed by atoms with Crippen molar-refractivity contribution in [2.75, 3.05) is 19.6 Å². The fraction of sp³-hybridized carbons (Fsp3) is 0.682. The van der Waals surface area contributed by atoms with Crippen molar-refractivity contribution in [3.8, 4) is 5.75 Å². The fourth-order valence-corrected chi connectivity index (χ4v) is 3.42. The number of nitrogens with one attached hydrogen (secondary N) is 1. The fourth-order valence-electron chi connectivity index (χ4n) is 3.42. The van der Waals surface area contributed by atoms with Crippen molar-refractivity contribution < 1.29 is 23.0 Å². The van der Waals surface area contributed by atoms with E-state index in [0.29, 0.717) is 23.9 Å². The van der Waals surface area contributed by atoms with Crippen molar-refractivity contribution in [3.63, 3.8) is 0 Å². The second-order valence-corrected chi connectivity index (χ2v) is 8.79. The van der Waals surface area contributed by atoms with Crippen LogP contribution in [-0.4, -0.2) is 42.8 Å². The van der Waals surface area contributed by atoms with Crippen molar-refractivity contribution in [2.45, 2.75) is 65.7 Å². The number of benzene rings is 1. The number of para-hydroxylation sites is 1. The Bertz CT molecular complexity index is 647. The Hall–Kier alpha value is -1.89. The number of carbonyl (C=O) groups excluding carboxylic acids is 1. The van der Waals surface area contributed by atoms with Crippen LogP contribution in [0.15, 0.2) is 24.3 Å². The molecule has 1 aliphatic heterocycles. The molecule has 0 unspecified atom stereocenters. The summed E-state index contributed by atoms with van der Waals surface area (Å²) in [5.74, 6) is 0.917. The van der Waals surface area contributed by atoms with E-state index >= 15 is 0 Å². The van der Waals surface area contributed by atoms with Crippen LogP contribution in [0.4, 0.5) is 13.6 Å². The highest BCUT2D eigenvalue weighted by atomic mass is 19.3. The summed E-state index contributed by atoms with van der Waals surface area (Å²) in [6.45, 7) is 7.61. The van der Waals surface area contributed by atoms with Gasteiger partial charge in [0, 0.05) is 12.1 Å². The van der Waals surface area contributed by atoms with E-state index in [-0.39, 0.29) is 12.3 Å². The largest absolute Gasteiger partial charge is 0.443 e. The SMILES string of the molecule is CC(C)CCC(C)(C)OC(=O)N(Cc1ccccc1OC(F)F)C[C@@H]1CCNC1. The number of nitrogens with zero attached hydrogens (tertiary/aromatic N) is 1. The van der Waals surface area contributed by atoms with Gasteiger partial charge in [0.05, 0.1) is 6.54 Å². The summed E-state index contributed by atoms with van der Waals surface area (Å²) in [5.41, 5.74) is -0.0531. The summed E-state index contributed by atoms with van der Waals surface area (Å²) in [6, 6.07) is 6.59. The molecule has 5 nitrogen and oxygen atoms in total. The van der Waals surface area contributed by atoms with Gasteiger partial charge in [-0.25, -0.2) is 4.79 Å². The lowest BCUT2D eigenvalue weighted by molar-refractivity contribution is -0.0508. The van der Waals surface area contributed by atoms with Gasteiger partial charge in [-0.2, -0.15) is 8.78 Å². The van der Waals surface area contributed by atoms with Crippen molar-refractivity contribution in [3.05, 3.63) is 29.8 Å². The lowest BCUT2D eigenvalue weighted by Crippen LogP contribution is -2.40. The van der Waals surface area contributed by atoms with E-state index in [2.05, 4.69) is 23.9 Å². The van der Waals surface area contributed by atoms with E-state index in [9.17, 15) is 13.6 Å². The van der Waals surface area contributed by atoms with Gasteiger partial charge in [0.15, 0.2) is 0 Å². The summed E-state index contributed by atoms with van der Waals surface area (Å²) < 4.78 is 36.0. The first-order chi connectivity index (χ1) is 13.7. The highest BCUT2D eigenvalue weighted by Crippen LogP contribution is 2.26. The first-order valence-corrected chi connectivity index (χ1v) is 10.4. The predicted octanol–water partition coefficient (Wildman–Crippen LogP) is 5.05. The van der Waals surface area contributed by atoms with Crippen LogP contribution in [0, 0.1) is 11.8 Å². The summed E-state index contributed by atoms with van der Waals surface area (Å²) >= 11 is 0. The predicted molar refractivity (Wildman–Crippen MR) is 109 cm³/mol. The van der Waals surface area contributed by atoms with Gasteiger partial charge in [-0.15, -0.1) is 0 Å². The molecule has 1 amide bonds. The molecule has 7 heteroatoms. The second kappa shape index (κ2) is 10.8. The number of ether oxygens (including phenoxy) is 2. The minimum absolute atomic E-state index is 0.0870. The van der Waals surface area contributed by atoms with Crippen molar-refractivity contribution >= 4 is 6.09 Å². The molecule has 0 aromatic heterocycles. The van der Waals surface area contributed by atoms with E-state index in [1.807, 2.05) is 13.8 Å². The maximum absolute atomic E-state index is 13.0. The zero-order chi connectivity index (χ0) is 21.4. The van der Waals surface area contributed by atoms with Crippen LogP contribution in [0.1, 0.15) is 52.5 Å². The van der Waals surface area contributed by atoms with Crippen LogP contribution < -0.4 is 10.1 Å². The van der Waals surface area contributed by atoms with Gasteiger partial charge < -0.3 is 19.7 Å². The molecule has 164 valence electrons. The Labute approximate surface area is 172 Å². The topological polar surface area (TPSA) is 50.8 Å². The van der Waals surface area contributed by atoms with E-state index in [4.69, 9.17) is 4.74 Å². The number of carbonyl (C=O) groups is 1. The third kappa shape index (κ3) is 8.17. The quantitative estimate of drug-likeness (QED) is 0.584. The number of hydrogen-bond donors (Lipinski definition) is 1. The van der Waals surface area contributed by atoms with Gasteiger partial charge >= 0.3 is 12.7 Å². The Morgan fingerprint density at radius 3 is 2.66 bits per heavy atom. The summed E-state index contributed by atoms with van der Waals surface area (Å²) in [7, 11) is 0. The Balaban J connectivity index is 2.13. The molecule has 1 aromatic carbocycles. The lowest BCUT2D eigenvalue weighted by atomic mass is 9.97. The van der Waals surface area contributed by atoms with Gasteiger partial charge in [-0.3, -0.25) is 0 Å². The molecule has 0 bridgehead atoms. The average Bonchev–Trinajstić information content (AvgIpc) is 3.13. The zero-order valence-electron chi connectivity index (χ0n) is 17.9. The van der Waals surface area contributed by atoms with Gasteiger partial charge in [0.2, 0.25) is 0 Å². The van der Waals surface area contributed by atoms with Crippen molar-refractivity contribution in [1.82, 2.24) is 10.2 Å². The minimum atomic E-state index is -2.91. The number of hydrogen-bond acceptors (Lipinski definition) is 4. The zero-order valence-corrected chi connectivity index (χ0v) is 17.9. The minimum Gasteiger partial charge on any atom is -0.443 e. The van der Waals surface area contributed by atoms with E-state index in [0.717, 1.165) is 32.4 Å². The number of amides is 1. The molecule has 0 aliphatic carbocycles. The first-order valence-electron chi connectivity index (χ1n) is 10.4. The van der Waals surface area contributed by atoms with Crippen LogP contribution in [-0.2, 0) is 11.3 Å². The Morgan fingerprint density at radius 2 is 2.03 bits per heavy atom. The van der Waals surface area contributed by atoms with Crippen LogP contribution in [0.2, 0.25) is 0 Å². The van der Waals surface area contributed by atoms with Crippen LogP contribution in [0.5, 0.6) is 5.75 Å². The van der Waals surface area contributed by atoms with E-state index < -0.39 is 18.3 Å². The highest BCUT2D eigenvalue weighted by molar-refractivity contribution is 5.68. The molecule has 29 heavy (non-hydrogen) atoms. The van der Waals surface area contributed by atoms with Gasteiger partial charge in [0.1, 0.15) is 11.4 Å². The molecule has 1 atom stereocenters. The number of rotatable bonds is 10. The maximum Gasteiger partial charge on any atom is 0.410 e. The average molecular weight is 413 g/mol. The molecule has 0 spiro atoms. The van der Waals surface area contributed by atoms with E-state index in [1.165, 1.54) is 6.07 Å². The molecule has 1 fully saturated rings. The Kier molecular flexibility index (Phi) is 8.68. The van der Waals surface area contributed by atoms with Crippen molar-refractivity contribution in [1.29, 1.82) is 0 Å².